The zero-order valence-electron chi connectivity index (χ0n) is 11.5. The van der Waals surface area contributed by atoms with Crippen LogP contribution >= 0.6 is 0 Å². The highest BCUT2D eigenvalue weighted by Gasteiger charge is 2.38. The van der Waals surface area contributed by atoms with E-state index in [9.17, 15) is 9.59 Å². The Morgan fingerprint density at radius 2 is 1.57 bits per heavy atom. The number of nitrogens with zero attached hydrogens (tertiary/aromatic N) is 2. The molecule has 0 saturated carbocycles. The molecule has 2 amide bonds. The number of hydrogen-bond acceptors (Lipinski definition) is 3. The lowest BCUT2D eigenvalue weighted by molar-refractivity contribution is 0.0924. The van der Waals surface area contributed by atoms with E-state index < -0.39 is 0 Å². The van der Waals surface area contributed by atoms with Gasteiger partial charge in [-0.1, -0.05) is 12.1 Å². The fourth-order valence-corrected chi connectivity index (χ4v) is 3.22. The van der Waals surface area contributed by atoms with Crippen molar-refractivity contribution in [1.29, 1.82) is 0 Å². The van der Waals surface area contributed by atoms with Crippen LogP contribution in [-0.2, 0) is 12.8 Å². The van der Waals surface area contributed by atoms with E-state index in [1.54, 1.807) is 30.5 Å². The minimum absolute atomic E-state index is 0.262. The van der Waals surface area contributed by atoms with Gasteiger partial charge in [0.25, 0.3) is 11.8 Å². The van der Waals surface area contributed by atoms with E-state index in [1.165, 1.54) is 10.5 Å². The SMILES string of the molecule is O=C1c2ccccc2C(=O)N1c1nccc2c1CCCC2. The lowest BCUT2D eigenvalue weighted by atomic mass is 9.92. The Morgan fingerprint density at radius 1 is 0.905 bits per heavy atom. The number of pyridine rings is 1. The first-order chi connectivity index (χ1) is 10.3. The molecule has 104 valence electrons. The summed E-state index contributed by atoms with van der Waals surface area (Å²) in [7, 11) is 0. The second-order valence-corrected chi connectivity index (χ2v) is 5.47. The van der Waals surface area contributed by atoms with Crippen LogP contribution in [0.1, 0.15) is 44.7 Å². The van der Waals surface area contributed by atoms with Gasteiger partial charge in [-0.05, 0) is 55.0 Å². The van der Waals surface area contributed by atoms with Crippen LogP contribution in [0.2, 0.25) is 0 Å². The topological polar surface area (TPSA) is 50.3 Å². The maximum Gasteiger partial charge on any atom is 0.267 e. The highest BCUT2D eigenvalue weighted by atomic mass is 16.2. The van der Waals surface area contributed by atoms with E-state index in [0.29, 0.717) is 16.9 Å². The summed E-state index contributed by atoms with van der Waals surface area (Å²) >= 11 is 0. The molecule has 2 aliphatic rings. The van der Waals surface area contributed by atoms with Gasteiger partial charge in [-0.2, -0.15) is 0 Å². The summed E-state index contributed by atoms with van der Waals surface area (Å²) in [6.45, 7) is 0. The van der Waals surface area contributed by atoms with Crippen LogP contribution in [-0.4, -0.2) is 16.8 Å². The average Bonchev–Trinajstić information content (AvgIpc) is 2.79. The molecule has 0 radical (unpaired) electrons. The Bertz CT molecular complexity index is 732. The Kier molecular flexibility index (Phi) is 2.64. The number of anilines is 1. The van der Waals surface area contributed by atoms with E-state index in [-0.39, 0.29) is 11.8 Å². The minimum Gasteiger partial charge on any atom is -0.268 e. The first-order valence-corrected chi connectivity index (χ1v) is 7.22. The van der Waals surface area contributed by atoms with Gasteiger partial charge in [0.15, 0.2) is 0 Å². The van der Waals surface area contributed by atoms with Gasteiger partial charge in [0.05, 0.1) is 11.1 Å². The predicted octanol–water partition coefficient (Wildman–Crippen LogP) is 2.76. The van der Waals surface area contributed by atoms with E-state index in [4.69, 9.17) is 0 Å². The Hall–Kier alpha value is -2.49. The standard InChI is InChI=1S/C17H14N2O2/c20-16-13-7-3-4-8-14(13)17(21)19(16)15-12-6-2-1-5-11(12)9-10-18-15/h3-4,7-10H,1-2,5-6H2. The van der Waals surface area contributed by atoms with Gasteiger partial charge in [0.2, 0.25) is 0 Å². The van der Waals surface area contributed by atoms with Crippen LogP contribution < -0.4 is 4.90 Å². The molecule has 0 spiro atoms. The summed E-state index contributed by atoms with van der Waals surface area (Å²) in [5, 5.41) is 0. The number of fused-ring (bicyclic) bond motifs is 2. The zero-order chi connectivity index (χ0) is 14.4. The number of rotatable bonds is 1. The van der Waals surface area contributed by atoms with Crippen molar-refractivity contribution < 1.29 is 9.59 Å². The summed E-state index contributed by atoms with van der Waals surface area (Å²) in [4.78, 5) is 30.7. The highest BCUT2D eigenvalue weighted by Crippen LogP contribution is 2.33. The number of aromatic nitrogens is 1. The molecule has 1 aliphatic carbocycles. The van der Waals surface area contributed by atoms with Crippen LogP contribution in [0.3, 0.4) is 0 Å². The molecule has 0 unspecified atom stereocenters. The fraction of sp³-hybridized carbons (Fsp3) is 0.235. The first-order valence-electron chi connectivity index (χ1n) is 7.22. The monoisotopic (exact) mass is 278 g/mol. The van der Waals surface area contributed by atoms with Crippen LogP contribution in [0, 0.1) is 0 Å². The summed E-state index contributed by atoms with van der Waals surface area (Å²) in [6.07, 6.45) is 5.80. The number of carbonyl (C=O) groups excluding carboxylic acids is 2. The maximum atomic E-state index is 12.6. The number of carbonyl (C=O) groups is 2. The molecule has 0 N–H and O–H groups in total. The van der Waals surface area contributed by atoms with Gasteiger partial charge in [-0.15, -0.1) is 0 Å². The van der Waals surface area contributed by atoms with Gasteiger partial charge in [0, 0.05) is 6.20 Å². The summed E-state index contributed by atoms with van der Waals surface area (Å²) < 4.78 is 0. The van der Waals surface area contributed by atoms with Crippen LogP contribution in [0.5, 0.6) is 0 Å². The highest BCUT2D eigenvalue weighted by molar-refractivity contribution is 6.34. The van der Waals surface area contributed by atoms with Crippen molar-refractivity contribution in [3.63, 3.8) is 0 Å². The zero-order valence-corrected chi connectivity index (χ0v) is 11.5. The number of aryl methyl sites for hydroxylation is 1. The normalized spacial score (nSPS) is 16.9. The molecule has 4 rings (SSSR count). The molecule has 0 atom stereocenters. The Morgan fingerprint density at radius 3 is 2.29 bits per heavy atom. The quantitative estimate of drug-likeness (QED) is 0.754. The van der Waals surface area contributed by atoms with Gasteiger partial charge >= 0.3 is 0 Å². The molecule has 0 bridgehead atoms. The van der Waals surface area contributed by atoms with Gasteiger partial charge in [0.1, 0.15) is 5.82 Å². The van der Waals surface area contributed by atoms with E-state index in [1.807, 2.05) is 6.07 Å². The molecule has 2 aromatic rings. The molecule has 1 aromatic heterocycles. The van der Waals surface area contributed by atoms with E-state index in [0.717, 1.165) is 31.2 Å². The lowest BCUT2D eigenvalue weighted by Crippen LogP contribution is -2.32. The van der Waals surface area contributed by atoms with Crippen molar-refractivity contribution in [2.45, 2.75) is 25.7 Å². The van der Waals surface area contributed by atoms with Crippen molar-refractivity contribution in [3.05, 3.63) is 58.8 Å². The molecule has 4 heteroatoms. The molecule has 21 heavy (non-hydrogen) atoms. The number of imide groups is 1. The van der Waals surface area contributed by atoms with Gasteiger partial charge in [-0.3, -0.25) is 9.59 Å². The van der Waals surface area contributed by atoms with Gasteiger partial charge < -0.3 is 0 Å². The summed E-state index contributed by atoms with van der Waals surface area (Å²) in [5.74, 6) is 0.00236. The third-order valence-corrected chi connectivity index (χ3v) is 4.26. The third-order valence-electron chi connectivity index (χ3n) is 4.26. The van der Waals surface area contributed by atoms with Gasteiger partial charge in [-0.25, -0.2) is 9.88 Å². The molecular weight excluding hydrogens is 264 g/mol. The molecule has 0 saturated heterocycles. The van der Waals surface area contributed by atoms with E-state index >= 15 is 0 Å². The molecule has 1 aliphatic heterocycles. The lowest BCUT2D eigenvalue weighted by Gasteiger charge is -2.22. The summed E-state index contributed by atoms with van der Waals surface area (Å²) in [6, 6.07) is 8.95. The van der Waals surface area contributed by atoms with Crippen LogP contribution in [0.4, 0.5) is 5.82 Å². The smallest absolute Gasteiger partial charge is 0.267 e. The molecule has 4 nitrogen and oxygen atoms in total. The van der Waals surface area contributed by atoms with Crippen molar-refractivity contribution in [3.8, 4) is 0 Å². The fourth-order valence-electron chi connectivity index (χ4n) is 3.22. The largest absolute Gasteiger partial charge is 0.268 e. The average molecular weight is 278 g/mol. The molecule has 0 fully saturated rings. The number of amides is 2. The second kappa shape index (κ2) is 4.52. The third kappa shape index (κ3) is 1.72. The van der Waals surface area contributed by atoms with Crippen molar-refractivity contribution >= 4 is 17.6 Å². The van der Waals surface area contributed by atoms with Crippen molar-refractivity contribution in [1.82, 2.24) is 4.98 Å². The number of benzene rings is 1. The first kappa shape index (κ1) is 12.3. The van der Waals surface area contributed by atoms with Crippen molar-refractivity contribution in [2.75, 3.05) is 4.90 Å². The molecule has 2 heterocycles. The molecular formula is C17H14N2O2. The number of hydrogen-bond donors (Lipinski definition) is 0. The van der Waals surface area contributed by atoms with E-state index in [2.05, 4.69) is 4.98 Å². The van der Waals surface area contributed by atoms with Crippen LogP contribution in [0.25, 0.3) is 0 Å². The molecule has 1 aromatic carbocycles. The predicted molar refractivity (Wildman–Crippen MR) is 78.5 cm³/mol. The maximum absolute atomic E-state index is 12.6. The minimum atomic E-state index is -0.262. The Balaban J connectivity index is 1.86. The van der Waals surface area contributed by atoms with Crippen molar-refractivity contribution in [2.24, 2.45) is 0 Å². The summed E-state index contributed by atoms with van der Waals surface area (Å²) in [5.41, 5.74) is 3.21. The second-order valence-electron chi connectivity index (χ2n) is 5.47. The van der Waals surface area contributed by atoms with Crippen LogP contribution in [0.15, 0.2) is 36.5 Å². The Labute approximate surface area is 122 Å².